The van der Waals surface area contributed by atoms with Crippen molar-refractivity contribution in [1.29, 1.82) is 0 Å². The third kappa shape index (κ3) is 4.77. The zero-order chi connectivity index (χ0) is 15.9. The molecular weight excluding hydrogens is 348 g/mol. The zero-order valence-corrected chi connectivity index (χ0v) is 13.8. The van der Waals surface area contributed by atoms with Crippen LogP contribution in [0.3, 0.4) is 0 Å². The number of aliphatic carboxylic acids is 1. The van der Waals surface area contributed by atoms with E-state index in [1.165, 1.54) is 0 Å². The Bertz CT molecular complexity index is 655. The normalized spacial score (nSPS) is 10.3. The summed E-state index contributed by atoms with van der Waals surface area (Å²) in [4.78, 5) is 10.9. The number of halogens is 1. The summed E-state index contributed by atoms with van der Waals surface area (Å²) in [5.41, 5.74) is 1.61. The van der Waals surface area contributed by atoms with Gasteiger partial charge in [-0.25, -0.2) is 0 Å². The fraction of sp³-hybridized carbons (Fsp3) is 0.235. The first-order valence-corrected chi connectivity index (χ1v) is 7.72. The van der Waals surface area contributed by atoms with Gasteiger partial charge in [-0.3, -0.25) is 4.79 Å². The summed E-state index contributed by atoms with van der Waals surface area (Å²) in [6, 6.07) is 12.9. The van der Waals surface area contributed by atoms with Gasteiger partial charge >= 0.3 is 5.97 Å². The molecule has 0 atom stereocenters. The molecule has 4 nitrogen and oxygen atoms in total. The summed E-state index contributed by atoms with van der Waals surface area (Å²) in [5.74, 6) is 0.481. The standard InChI is InChI=1S/C17H17BrO4/c1-2-21-15-8-12(7-14(18)10-15)11-22-16-6-4-3-5-13(16)9-17(19)20/h3-8,10H,2,9,11H2,1H3,(H,19,20). The lowest BCUT2D eigenvalue weighted by atomic mass is 10.1. The van der Waals surface area contributed by atoms with E-state index in [1.807, 2.05) is 31.2 Å². The van der Waals surface area contributed by atoms with Crippen LogP contribution in [0.5, 0.6) is 11.5 Å². The highest BCUT2D eigenvalue weighted by molar-refractivity contribution is 9.10. The summed E-state index contributed by atoms with van der Waals surface area (Å²) in [6.45, 7) is 2.87. The second-order valence-corrected chi connectivity index (χ2v) is 5.61. The van der Waals surface area contributed by atoms with Crippen molar-refractivity contribution < 1.29 is 19.4 Å². The van der Waals surface area contributed by atoms with Crippen LogP contribution >= 0.6 is 15.9 Å². The Morgan fingerprint density at radius 3 is 2.68 bits per heavy atom. The molecule has 0 saturated carbocycles. The van der Waals surface area contributed by atoms with Crippen molar-refractivity contribution in [3.63, 3.8) is 0 Å². The quantitative estimate of drug-likeness (QED) is 0.804. The van der Waals surface area contributed by atoms with Crippen molar-refractivity contribution in [3.8, 4) is 11.5 Å². The minimum absolute atomic E-state index is 0.0567. The Hall–Kier alpha value is -2.01. The number of para-hydroxylation sites is 1. The maximum absolute atomic E-state index is 10.9. The van der Waals surface area contributed by atoms with Gasteiger partial charge in [-0.15, -0.1) is 0 Å². The van der Waals surface area contributed by atoms with Gasteiger partial charge in [0.25, 0.3) is 0 Å². The van der Waals surface area contributed by atoms with E-state index in [0.29, 0.717) is 24.5 Å². The van der Waals surface area contributed by atoms with Gasteiger partial charge < -0.3 is 14.6 Å². The first kappa shape index (κ1) is 16.4. The van der Waals surface area contributed by atoms with Gasteiger partial charge in [-0.1, -0.05) is 34.1 Å². The predicted molar refractivity (Wildman–Crippen MR) is 87.4 cm³/mol. The number of benzene rings is 2. The highest BCUT2D eigenvalue weighted by atomic mass is 79.9. The number of carbonyl (C=O) groups is 1. The molecule has 0 aliphatic heterocycles. The molecule has 0 spiro atoms. The maximum Gasteiger partial charge on any atom is 0.307 e. The summed E-state index contributed by atoms with van der Waals surface area (Å²) in [5, 5.41) is 8.93. The van der Waals surface area contributed by atoms with E-state index in [0.717, 1.165) is 15.8 Å². The molecule has 0 aliphatic carbocycles. The van der Waals surface area contributed by atoms with Crippen molar-refractivity contribution in [2.45, 2.75) is 20.0 Å². The second-order valence-electron chi connectivity index (χ2n) is 4.70. The number of carboxylic acids is 1. The fourth-order valence-corrected chi connectivity index (χ4v) is 2.59. The van der Waals surface area contributed by atoms with Crippen LogP contribution in [0.4, 0.5) is 0 Å². The number of ether oxygens (including phenoxy) is 2. The summed E-state index contributed by atoms with van der Waals surface area (Å²) in [7, 11) is 0. The number of carboxylic acid groups (broad SMARTS) is 1. The van der Waals surface area contributed by atoms with E-state index in [1.54, 1.807) is 18.2 Å². The molecule has 0 aliphatic rings. The fourth-order valence-electron chi connectivity index (χ4n) is 2.07. The van der Waals surface area contributed by atoms with Crippen LogP contribution in [0.2, 0.25) is 0 Å². The third-order valence-corrected chi connectivity index (χ3v) is 3.41. The SMILES string of the molecule is CCOc1cc(Br)cc(COc2ccccc2CC(=O)O)c1. The van der Waals surface area contributed by atoms with Gasteiger partial charge in [-0.2, -0.15) is 0 Å². The second kappa shape index (κ2) is 7.84. The van der Waals surface area contributed by atoms with Crippen molar-refractivity contribution in [2.24, 2.45) is 0 Å². The van der Waals surface area contributed by atoms with Gasteiger partial charge in [0.1, 0.15) is 18.1 Å². The molecular formula is C17H17BrO4. The van der Waals surface area contributed by atoms with Crippen LogP contribution in [0.15, 0.2) is 46.9 Å². The Kier molecular flexibility index (Phi) is 5.83. The number of hydrogen-bond acceptors (Lipinski definition) is 3. The van der Waals surface area contributed by atoms with Crippen molar-refractivity contribution in [2.75, 3.05) is 6.61 Å². The molecule has 0 bridgehead atoms. The van der Waals surface area contributed by atoms with Gasteiger partial charge in [0, 0.05) is 10.0 Å². The Morgan fingerprint density at radius 1 is 1.18 bits per heavy atom. The molecule has 0 fully saturated rings. The molecule has 1 N–H and O–H groups in total. The van der Waals surface area contributed by atoms with Crippen LogP contribution in [0.25, 0.3) is 0 Å². The third-order valence-electron chi connectivity index (χ3n) is 2.95. The molecule has 0 amide bonds. The van der Waals surface area contributed by atoms with Crippen LogP contribution in [0.1, 0.15) is 18.1 Å². The van der Waals surface area contributed by atoms with E-state index in [4.69, 9.17) is 14.6 Å². The molecule has 0 aromatic heterocycles. The molecule has 2 aromatic carbocycles. The lowest BCUT2D eigenvalue weighted by molar-refractivity contribution is -0.136. The summed E-state index contributed by atoms with van der Waals surface area (Å²) >= 11 is 3.44. The first-order chi connectivity index (χ1) is 10.6. The molecule has 2 rings (SSSR count). The Morgan fingerprint density at radius 2 is 1.95 bits per heavy atom. The molecule has 0 saturated heterocycles. The average molecular weight is 365 g/mol. The number of rotatable bonds is 7. The van der Waals surface area contributed by atoms with Crippen LogP contribution in [-0.2, 0) is 17.8 Å². The zero-order valence-electron chi connectivity index (χ0n) is 12.2. The maximum atomic E-state index is 10.9. The monoisotopic (exact) mass is 364 g/mol. The molecule has 116 valence electrons. The van der Waals surface area contributed by atoms with Crippen LogP contribution in [-0.4, -0.2) is 17.7 Å². The highest BCUT2D eigenvalue weighted by Crippen LogP contribution is 2.24. The average Bonchev–Trinajstić information content (AvgIpc) is 2.45. The van der Waals surface area contributed by atoms with Crippen LogP contribution in [0, 0.1) is 0 Å². The van der Waals surface area contributed by atoms with Crippen molar-refractivity contribution >= 4 is 21.9 Å². The first-order valence-electron chi connectivity index (χ1n) is 6.93. The molecule has 5 heteroatoms. The molecule has 0 radical (unpaired) electrons. The summed E-state index contributed by atoms with van der Waals surface area (Å²) in [6.07, 6.45) is -0.0567. The topological polar surface area (TPSA) is 55.8 Å². The summed E-state index contributed by atoms with van der Waals surface area (Å²) < 4.78 is 12.2. The van der Waals surface area contributed by atoms with Crippen molar-refractivity contribution in [3.05, 3.63) is 58.1 Å². The van der Waals surface area contributed by atoms with Gasteiger partial charge in [0.2, 0.25) is 0 Å². The van der Waals surface area contributed by atoms with E-state index >= 15 is 0 Å². The van der Waals surface area contributed by atoms with Gasteiger partial charge in [0.15, 0.2) is 0 Å². The minimum Gasteiger partial charge on any atom is -0.494 e. The Balaban J connectivity index is 2.11. The largest absolute Gasteiger partial charge is 0.494 e. The lowest BCUT2D eigenvalue weighted by Gasteiger charge is -2.12. The predicted octanol–water partition coefficient (Wildman–Crippen LogP) is 4.05. The molecule has 0 heterocycles. The van der Waals surface area contributed by atoms with E-state index < -0.39 is 5.97 Å². The lowest BCUT2D eigenvalue weighted by Crippen LogP contribution is -2.04. The van der Waals surface area contributed by atoms with Crippen molar-refractivity contribution in [1.82, 2.24) is 0 Å². The molecule has 0 unspecified atom stereocenters. The highest BCUT2D eigenvalue weighted by Gasteiger charge is 2.08. The van der Waals surface area contributed by atoms with Gasteiger partial charge in [-0.05, 0) is 36.8 Å². The Labute approximate surface area is 137 Å². The smallest absolute Gasteiger partial charge is 0.307 e. The van der Waals surface area contributed by atoms with E-state index in [-0.39, 0.29) is 6.42 Å². The molecule has 22 heavy (non-hydrogen) atoms. The molecule has 2 aromatic rings. The minimum atomic E-state index is -0.878. The van der Waals surface area contributed by atoms with Crippen LogP contribution < -0.4 is 9.47 Å². The van der Waals surface area contributed by atoms with E-state index in [2.05, 4.69) is 15.9 Å². The van der Waals surface area contributed by atoms with Gasteiger partial charge in [0.05, 0.1) is 13.0 Å². The van der Waals surface area contributed by atoms with E-state index in [9.17, 15) is 4.79 Å². The number of hydrogen-bond donors (Lipinski definition) is 1.